The minimum Gasteiger partial charge on any atom is -1.00 e. The van der Waals surface area contributed by atoms with Gasteiger partial charge in [-0.25, -0.2) is 0 Å². The summed E-state index contributed by atoms with van der Waals surface area (Å²) < 4.78 is 0. The van der Waals surface area contributed by atoms with Crippen molar-refractivity contribution in [2.45, 2.75) is 111 Å². The van der Waals surface area contributed by atoms with Gasteiger partial charge in [0.15, 0.2) is 0 Å². The summed E-state index contributed by atoms with van der Waals surface area (Å²) >= 11 is 0. The van der Waals surface area contributed by atoms with E-state index in [1.807, 2.05) is 0 Å². The molecule has 0 amide bonds. The van der Waals surface area contributed by atoms with E-state index in [1.54, 1.807) is 5.57 Å². The molecule has 0 spiro atoms. The maximum Gasteiger partial charge on any atom is 1.00 e. The number of fused-ring (bicyclic) bond motifs is 5. The minimum absolute atomic E-state index is 0. The van der Waals surface area contributed by atoms with E-state index in [1.165, 1.54) is 57.8 Å². The zero-order valence-electron chi connectivity index (χ0n) is 21.3. The molecule has 3 fully saturated rings. The summed E-state index contributed by atoms with van der Waals surface area (Å²) in [5, 5.41) is 10.2. The number of hydrogen-bond donors (Lipinski definition) is 1. The van der Waals surface area contributed by atoms with Gasteiger partial charge in [-0.05, 0) is 97.7 Å². The fourth-order valence-electron chi connectivity index (χ4n) is 8.67. The van der Waals surface area contributed by atoms with E-state index in [2.05, 4.69) is 40.7 Å². The van der Waals surface area contributed by atoms with Gasteiger partial charge in [-0.2, -0.15) is 0 Å². The Hall–Kier alpha value is 1.34. The van der Waals surface area contributed by atoms with E-state index >= 15 is 0 Å². The van der Waals surface area contributed by atoms with E-state index in [0.29, 0.717) is 10.8 Å². The van der Waals surface area contributed by atoms with Crippen LogP contribution in [0.25, 0.3) is 0 Å². The first-order chi connectivity index (χ1) is 13.3. The van der Waals surface area contributed by atoms with Crippen molar-refractivity contribution in [2.24, 2.45) is 46.3 Å². The molecule has 0 aliphatic heterocycles. The number of allylic oxidation sites excluding steroid dienone is 1. The Morgan fingerprint density at radius 1 is 1.03 bits per heavy atom. The third kappa shape index (κ3) is 4.56. The average molecular weight is 427 g/mol. The SMILES string of the molecule is CC(C)CCC[C@@H](C)[C@H]1CCC2[C@H]3CC=C4CC(O)CC[C@]4(C)[C@@H]3CC[C@@]21C.[H-].[K+]. The second-order valence-electron chi connectivity index (χ2n) is 12.2. The van der Waals surface area contributed by atoms with Crippen molar-refractivity contribution < 1.29 is 57.9 Å². The smallest absolute Gasteiger partial charge is 1.00 e. The van der Waals surface area contributed by atoms with Gasteiger partial charge in [-0.1, -0.05) is 65.5 Å². The first-order valence-corrected chi connectivity index (χ1v) is 12.6. The Balaban J connectivity index is 0.00000160. The number of aliphatic hydroxyl groups excluding tert-OH is 1. The molecule has 162 valence electrons. The van der Waals surface area contributed by atoms with Crippen LogP contribution in [-0.4, -0.2) is 11.2 Å². The van der Waals surface area contributed by atoms with Crippen LogP contribution >= 0.6 is 0 Å². The third-order valence-electron chi connectivity index (χ3n) is 10.3. The van der Waals surface area contributed by atoms with Crippen molar-refractivity contribution in [3.63, 3.8) is 0 Å². The average Bonchev–Trinajstić information content (AvgIpc) is 2.99. The van der Waals surface area contributed by atoms with Gasteiger partial charge in [0.05, 0.1) is 6.10 Å². The van der Waals surface area contributed by atoms with Crippen LogP contribution in [-0.2, 0) is 0 Å². The van der Waals surface area contributed by atoms with Gasteiger partial charge < -0.3 is 6.53 Å². The van der Waals surface area contributed by atoms with Gasteiger partial charge in [-0.15, -0.1) is 0 Å². The Morgan fingerprint density at radius 2 is 1.79 bits per heavy atom. The molecule has 0 heterocycles. The Morgan fingerprint density at radius 3 is 2.52 bits per heavy atom. The molecule has 0 bridgehead atoms. The van der Waals surface area contributed by atoms with Crippen molar-refractivity contribution in [1.82, 2.24) is 0 Å². The minimum atomic E-state index is -0.0766. The summed E-state index contributed by atoms with van der Waals surface area (Å²) in [4.78, 5) is 0. The van der Waals surface area contributed by atoms with Crippen LogP contribution < -0.4 is 51.4 Å². The fraction of sp³-hybridized carbons (Fsp3) is 0.926. The van der Waals surface area contributed by atoms with Crippen LogP contribution in [0.4, 0.5) is 0 Å². The van der Waals surface area contributed by atoms with Crippen LogP contribution in [0.15, 0.2) is 11.6 Å². The molecule has 3 saturated carbocycles. The summed E-state index contributed by atoms with van der Waals surface area (Å²) in [7, 11) is 0. The summed E-state index contributed by atoms with van der Waals surface area (Å²) in [6.45, 7) is 12.6. The maximum atomic E-state index is 10.2. The van der Waals surface area contributed by atoms with E-state index < -0.39 is 0 Å². The molecule has 29 heavy (non-hydrogen) atoms. The van der Waals surface area contributed by atoms with Crippen molar-refractivity contribution >= 4 is 0 Å². The summed E-state index contributed by atoms with van der Waals surface area (Å²) in [5.41, 5.74) is 2.60. The molecule has 1 N–H and O–H groups in total. The van der Waals surface area contributed by atoms with Crippen LogP contribution in [0, 0.1) is 46.3 Å². The predicted molar refractivity (Wildman–Crippen MR) is 120 cm³/mol. The second-order valence-corrected chi connectivity index (χ2v) is 12.2. The van der Waals surface area contributed by atoms with Gasteiger partial charge in [0.2, 0.25) is 0 Å². The Kier molecular flexibility index (Phi) is 8.33. The zero-order chi connectivity index (χ0) is 20.1. The standard InChI is InChI=1S/C27H46O.K.H/c1-18(2)7-6-8-19(3)23-11-12-24-22-10-9-20-17-21(28)13-15-26(20,4)25(22)14-16-27(23,24)5;;/h9,18-19,21-25,28H,6-8,10-17H2,1-5H3;;/q;+1;-1/t19-,21?,22-,23-,24?,25-,26+,27-;;/m1../s1. The number of rotatable bonds is 5. The Labute approximate surface area is 225 Å². The van der Waals surface area contributed by atoms with Gasteiger partial charge in [0.1, 0.15) is 0 Å². The van der Waals surface area contributed by atoms with Crippen LogP contribution in [0.2, 0.25) is 0 Å². The molecular formula is C27H47KO. The molecule has 0 aromatic carbocycles. The Bertz CT molecular complexity index is 604. The van der Waals surface area contributed by atoms with Gasteiger partial charge in [0, 0.05) is 0 Å². The molecule has 4 rings (SSSR count). The van der Waals surface area contributed by atoms with E-state index in [0.717, 1.165) is 48.3 Å². The normalized spacial score (nSPS) is 44.9. The van der Waals surface area contributed by atoms with Gasteiger partial charge >= 0.3 is 51.4 Å². The number of hydrogen-bond acceptors (Lipinski definition) is 1. The molecule has 1 nitrogen and oxygen atoms in total. The fourth-order valence-corrected chi connectivity index (χ4v) is 8.67. The molecule has 0 saturated heterocycles. The summed E-state index contributed by atoms with van der Waals surface area (Å²) in [6.07, 6.45) is 17.2. The maximum absolute atomic E-state index is 10.2. The quantitative estimate of drug-likeness (QED) is 0.507. The monoisotopic (exact) mass is 426 g/mol. The van der Waals surface area contributed by atoms with E-state index in [9.17, 15) is 5.11 Å². The van der Waals surface area contributed by atoms with Crippen LogP contribution in [0.5, 0.6) is 0 Å². The molecule has 4 aliphatic carbocycles. The summed E-state index contributed by atoms with van der Waals surface area (Å²) in [5.74, 6) is 5.46. The van der Waals surface area contributed by atoms with Crippen LogP contribution in [0.3, 0.4) is 0 Å². The molecule has 0 aromatic heterocycles. The van der Waals surface area contributed by atoms with Crippen molar-refractivity contribution in [3.8, 4) is 0 Å². The van der Waals surface area contributed by atoms with Gasteiger partial charge in [-0.3, -0.25) is 0 Å². The van der Waals surface area contributed by atoms with Crippen LogP contribution in [0.1, 0.15) is 107 Å². The molecule has 4 aliphatic rings. The first-order valence-electron chi connectivity index (χ1n) is 12.6. The summed E-state index contributed by atoms with van der Waals surface area (Å²) in [6, 6.07) is 0. The second kappa shape index (κ2) is 9.68. The topological polar surface area (TPSA) is 20.2 Å². The van der Waals surface area contributed by atoms with E-state index in [-0.39, 0.29) is 58.9 Å². The van der Waals surface area contributed by atoms with E-state index in [4.69, 9.17) is 0 Å². The molecule has 2 unspecified atom stereocenters. The molecule has 8 atom stereocenters. The third-order valence-corrected chi connectivity index (χ3v) is 10.3. The molecule has 2 heteroatoms. The van der Waals surface area contributed by atoms with Crippen molar-refractivity contribution in [3.05, 3.63) is 11.6 Å². The molecule has 0 aromatic rings. The molecular weight excluding hydrogens is 379 g/mol. The zero-order valence-corrected chi connectivity index (χ0v) is 23.5. The predicted octanol–water partition coefficient (Wildman–Crippen LogP) is 4.51. The number of aliphatic hydroxyl groups is 1. The molecule has 0 radical (unpaired) electrons. The largest absolute Gasteiger partial charge is 1.00 e. The van der Waals surface area contributed by atoms with Crippen molar-refractivity contribution in [2.75, 3.05) is 0 Å². The van der Waals surface area contributed by atoms with Crippen molar-refractivity contribution in [1.29, 1.82) is 0 Å². The first kappa shape index (κ1) is 25.0. The van der Waals surface area contributed by atoms with Gasteiger partial charge in [0.25, 0.3) is 0 Å².